The normalized spacial score (nSPS) is 13.4. The quantitative estimate of drug-likeness (QED) is 0.309. The molecule has 1 aliphatic rings. The van der Waals surface area contributed by atoms with Crippen LogP contribution in [0.4, 0.5) is 0 Å². The summed E-state index contributed by atoms with van der Waals surface area (Å²) in [7, 11) is 6.20. The second-order valence-electron chi connectivity index (χ2n) is 9.00. The number of carbonyl (C=O) groups is 2. The van der Waals surface area contributed by atoms with Crippen molar-refractivity contribution in [2.75, 3.05) is 20.6 Å². The van der Waals surface area contributed by atoms with Crippen LogP contribution in [0.15, 0.2) is 48.5 Å². The average Bonchev–Trinajstić information content (AvgIpc) is 3.24. The summed E-state index contributed by atoms with van der Waals surface area (Å²) in [6.45, 7) is 1.08. The number of rotatable bonds is 6. The van der Waals surface area contributed by atoms with E-state index in [4.69, 9.17) is 11.6 Å². The molecule has 1 aliphatic heterocycles. The Morgan fingerprint density at radius 1 is 0.909 bits per heavy atom. The molecule has 0 radical (unpaired) electrons. The number of imide groups is 1. The van der Waals surface area contributed by atoms with Gasteiger partial charge in [-0.25, -0.2) is 0 Å². The number of hydrogen-bond acceptors (Lipinski definition) is 3. The van der Waals surface area contributed by atoms with E-state index in [1.54, 1.807) is 6.07 Å². The zero-order chi connectivity index (χ0) is 23.3. The van der Waals surface area contributed by atoms with Crippen LogP contribution in [0.2, 0.25) is 5.02 Å². The van der Waals surface area contributed by atoms with Gasteiger partial charge in [-0.05, 0) is 69.2 Å². The molecular weight excluding hydrogens is 434 g/mol. The molecule has 168 valence electrons. The van der Waals surface area contributed by atoms with E-state index in [2.05, 4.69) is 47.1 Å². The van der Waals surface area contributed by atoms with Crippen LogP contribution in [0.25, 0.3) is 32.9 Å². The van der Waals surface area contributed by atoms with Gasteiger partial charge in [0.25, 0.3) is 11.8 Å². The highest BCUT2D eigenvalue weighted by Crippen LogP contribution is 2.41. The van der Waals surface area contributed by atoms with Crippen molar-refractivity contribution >= 4 is 45.2 Å². The Kier molecular flexibility index (Phi) is 5.47. The van der Waals surface area contributed by atoms with E-state index in [0.717, 1.165) is 53.2 Å². The number of nitrogens with zero attached hydrogens (tertiary/aromatic N) is 2. The first kappa shape index (κ1) is 21.7. The zero-order valence-corrected chi connectivity index (χ0v) is 19.8. The smallest absolute Gasteiger partial charge is 0.259 e. The highest BCUT2D eigenvalue weighted by Gasteiger charge is 2.34. The molecule has 33 heavy (non-hydrogen) atoms. The maximum absolute atomic E-state index is 12.9. The number of fused-ring (bicyclic) bond motifs is 5. The number of aryl methyl sites for hydroxylation is 2. The molecule has 4 aromatic rings. The van der Waals surface area contributed by atoms with Crippen LogP contribution >= 0.6 is 11.6 Å². The Labute approximate surface area is 197 Å². The van der Waals surface area contributed by atoms with Crippen molar-refractivity contribution in [1.29, 1.82) is 0 Å². The van der Waals surface area contributed by atoms with Crippen LogP contribution < -0.4 is 5.32 Å². The molecule has 0 atom stereocenters. The Bertz CT molecular complexity index is 1430. The van der Waals surface area contributed by atoms with Gasteiger partial charge in [-0.2, -0.15) is 0 Å². The fourth-order valence-electron chi connectivity index (χ4n) is 4.90. The molecule has 5 rings (SSSR count). The number of aromatic nitrogens is 1. The van der Waals surface area contributed by atoms with E-state index >= 15 is 0 Å². The van der Waals surface area contributed by atoms with Gasteiger partial charge in [0, 0.05) is 33.9 Å². The van der Waals surface area contributed by atoms with Crippen LogP contribution in [0.5, 0.6) is 0 Å². The maximum atomic E-state index is 12.9. The summed E-state index contributed by atoms with van der Waals surface area (Å²) >= 11 is 6.49. The predicted molar refractivity (Wildman–Crippen MR) is 134 cm³/mol. The Balaban J connectivity index is 1.70. The SMILES string of the molecule is CN(C)CCCCc1ccc2c3c4c(c(-c5ccccc5Cl)cc3n(C)c2c1)C(=O)NC4=O. The fraction of sp³-hybridized carbons (Fsp3) is 0.259. The molecule has 0 saturated heterocycles. The van der Waals surface area contributed by atoms with Gasteiger partial charge in [-0.1, -0.05) is 41.9 Å². The van der Waals surface area contributed by atoms with Gasteiger partial charge in [0.1, 0.15) is 0 Å². The van der Waals surface area contributed by atoms with Crippen LogP contribution in [-0.4, -0.2) is 41.9 Å². The molecule has 6 heteroatoms. The third-order valence-corrected chi connectivity index (χ3v) is 6.86. The molecular formula is C27H26ClN3O2. The van der Waals surface area contributed by atoms with E-state index in [-0.39, 0.29) is 11.8 Å². The number of hydrogen-bond donors (Lipinski definition) is 1. The topological polar surface area (TPSA) is 54.3 Å². The van der Waals surface area contributed by atoms with Crippen LogP contribution in [0.1, 0.15) is 39.1 Å². The standard InChI is InChI=1S/C27H26ClN3O2/c1-30(2)13-7-6-8-16-11-12-18-21(14-16)31(3)22-15-19(17-9-4-5-10-20(17)28)24-25(23(18)22)27(33)29-26(24)32/h4-5,9-12,14-15H,6-8,13H2,1-3H3,(H,29,32,33). The summed E-state index contributed by atoms with van der Waals surface area (Å²) in [6.07, 6.45) is 3.28. The number of carbonyl (C=O) groups excluding carboxylic acids is 2. The molecule has 0 fully saturated rings. The number of benzene rings is 3. The fourth-order valence-corrected chi connectivity index (χ4v) is 5.14. The maximum Gasteiger partial charge on any atom is 0.259 e. The molecule has 2 heterocycles. The number of amides is 2. The summed E-state index contributed by atoms with van der Waals surface area (Å²) in [4.78, 5) is 28.0. The van der Waals surface area contributed by atoms with Gasteiger partial charge in [0.15, 0.2) is 0 Å². The van der Waals surface area contributed by atoms with Gasteiger partial charge in [0.05, 0.1) is 16.6 Å². The van der Waals surface area contributed by atoms with Crippen molar-refractivity contribution < 1.29 is 9.59 Å². The van der Waals surface area contributed by atoms with Gasteiger partial charge in [-0.15, -0.1) is 0 Å². The van der Waals surface area contributed by atoms with Gasteiger partial charge >= 0.3 is 0 Å². The van der Waals surface area contributed by atoms with Crippen molar-refractivity contribution in [3.8, 4) is 11.1 Å². The highest BCUT2D eigenvalue weighted by molar-refractivity contribution is 6.36. The Morgan fingerprint density at radius 2 is 1.67 bits per heavy atom. The second-order valence-corrected chi connectivity index (χ2v) is 9.41. The predicted octanol–water partition coefficient (Wildman–Crippen LogP) is 5.42. The van der Waals surface area contributed by atoms with Crippen molar-refractivity contribution in [1.82, 2.24) is 14.8 Å². The van der Waals surface area contributed by atoms with Crippen molar-refractivity contribution in [2.24, 2.45) is 7.05 Å². The van der Waals surface area contributed by atoms with Crippen molar-refractivity contribution in [3.63, 3.8) is 0 Å². The first-order chi connectivity index (χ1) is 15.9. The minimum atomic E-state index is -0.374. The summed E-state index contributed by atoms with van der Waals surface area (Å²) in [5, 5.41) is 4.85. The summed E-state index contributed by atoms with van der Waals surface area (Å²) < 4.78 is 2.12. The lowest BCUT2D eigenvalue weighted by molar-refractivity contribution is 0.0880. The first-order valence-corrected chi connectivity index (χ1v) is 11.6. The van der Waals surface area contributed by atoms with E-state index in [9.17, 15) is 9.59 Å². The van der Waals surface area contributed by atoms with E-state index in [1.165, 1.54) is 5.56 Å². The van der Waals surface area contributed by atoms with E-state index in [1.807, 2.05) is 31.3 Å². The Hall–Kier alpha value is -3.15. The Morgan fingerprint density at radius 3 is 2.42 bits per heavy atom. The van der Waals surface area contributed by atoms with Crippen LogP contribution in [0.3, 0.4) is 0 Å². The largest absolute Gasteiger partial charge is 0.344 e. The van der Waals surface area contributed by atoms with Crippen LogP contribution in [-0.2, 0) is 13.5 Å². The lowest BCUT2D eigenvalue weighted by atomic mass is 9.92. The third-order valence-electron chi connectivity index (χ3n) is 6.53. The molecule has 1 N–H and O–H groups in total. The second kappa shape index (κ2) is 8.32. The molecule has 2 amide bonds. The first-order valence-electron chi connectivity index (χ1n) is 11.2. The minimum Gasteiger partial charge on any atom is -0.344 e. The van der Waals surface area contributed by atoms with Crippen molar-refractivity contribution in [2.45, 2.75) is 19.3 Å². The number of nitrogens with one attached hydrogen (secondary N) is 1. The summed E-state index contributed by atoms with van der Waals surface area (Å²) in [5.41, 5.74) is 5.51. The molecule has 0 unspecified atom stereocenters. The number of halogens is 1. The summed E-state index contributed by atoms with van der Waals surface area (Å²) in [5.74, 6) is -0.726. The lowest BCUT2D eigenvalue weighted by Gasteiger charge is -2.10. The monoisotopic (exact) mass is 459 g/mol. The highest BCUT2D eigenvalue weighted by atomic mass is 35.5. The van der Waals surface area contributed by atoms with Gasteiger partial charge < -0.3 is 9.47 Å². The van der Waals surface area contributed by atoms with Crippen LogP contribution in [0, 0.1) is 0 Å². The molecule has 0 spiro atoms. The van der Waals surface area contributed by atoms with Gasteiger partial charge in [-0.3, -0.25) is 14.9 Å². The average molecular weight is 460 g/mol. The van der Waals surface area contributed by atoms with Gasteiger partial charge in [0.2, 0.25) is 0 Å². The molecule has 0 bridgehead atoms. The minimum absolute atomic E-state index is 0.353. The third kappa shape index (κ3) is 3.62. The van der Waals surface area contributed by atoms with Crippen molar-refractivity contribution in [3.05, 3.63) is 70.2 Å². The zero-order valence-electron chi connectivity index (χ0n) is 19.0. The van der Waals surface area contributed by atoms with E-state index < -0.39 is 0 Å². The molecule has 1 aromatic heterocycles. The number of unbranched alkanes of at least 4 members (excludes halogenated alkanes) is 1. The molecule has 0 aliphatic carbocycles. The molecule has 5 nitrogen and oxygen atoms in total. The lowest BCUT2D eigenvalue weighted by Crippen LogP contribution is -2.20. The summed E-state index contributed by atoms with van der Waals surface area (Å²) in [6, 6.07) is 15.8. The molecule has 3 aromatic carbocycles. The molecule has 0 saturated carbocycles. The van der Waals surface area contributed by atoms with E-state index in [0.29, 0.717) is 21.7 Å².